The molecule has 0 bridgehead atoms. The van der Waals surface area contributed by atoms with Crippen LogP contribution in [0.25, 0.3) is 0 Å². The average molecular weight is 404 g/mol. The number of hydrogen-bond donors (Lipinski definition) is 4. The fourth-order valence-electron chi connectivity index (χ4n) is 3.55. The predicted octanol–water partition coefficient (Wildman–Crippen LogP) is 3.97. The first-order valence-corrected chi connectivity index (χ1v) is 11.0. The van der Waals surface area contributed by atoms with Crippen LogP contribution in [0, 0.1) is 0 Å². The smallest absolute Gasteiger partial charge is 0.186 e. The zero-order chi connectivity index (χ0) is 21.6. The third-order valence-electron chi connectivity index (χ3n) is 5.41. The maximum absolute atomic E-state index is 10.3. The van der Waals surface area contributed by atoms with Gasteiger partial charge >= 0.3 is 0 Å². The number of allylic oxidation sites excluding steroid dienone is 1. The Kier molecular flexibility index (Phi) is 12.8. The van der Waals surface area contributed by atoms with Crippen molar-refractivity contribution >= 4 is 0 Å². The van der Waals surface area contributed by atoms with Gasteiger partial charge in [-0.15, -0.1) is 0 Å². The summed E-state index contributed by atoms with van der Waals surface area (Å²) < 4.78 is 18.3. The number of aliphatic hydroxyl groups is 4. The van der Waals surface area contributed by atoms with Gasteiger partial charge in [-0.2, -0.15) is 0 Å². The van der Waals surface area contributed by atoms with Crippen molar-refractivity contribution in [1.29, 1.82) is 0 Å². The highest BCUT2D eigenvalue weighted by atomic mass is 16.7. The third kappa shape index (κ3) is 9.23. The second kappa shape index (κ2) is 15.2. The highest BCUT2D eigenvalue weighted by molar-refractivity contribution is 5.06. The van der Waals surface area contributed by atoms with E-state index in [9.17, 15) is 20.4 Å². The standard InChI is InChI=1S/C22H42O6/c1-3-4-5-6-7-8-9-10-11-12-13-14-15-16-17(23)21-19(25)18(24)20(26)22(27-2)28-21/h16,18-26H,3-15H2,1-2H3/t18-,19+,20+,21+,22?/m0/s1/i16D. The molecule has 0 aliphatic carbocycles. The molecule has 28 heavy (non-hydrogen) atoms. The lowest BCUT2D eigenvalue weighted by atomic mass is 9.97. The molecule has 5 atom stereocenters. The van der Waals surface area contributed by atoms with Gasteiger partial charge in [-0.25, -0.2) is 0 Å². The summed E-state index contributed by atoms with van der Waals surface area (Å²) >= 11 is 0. The number of methoxy groups -OCH3 is 1. The SMILES string of the molecule is [2H]C(CCCCCCCCCCCCCC)=C(O)[C@H]1OC(OC)[C@H](O)[C@@H](O)[C@H]1O. The van der Waals surface area contributed by atoms with Crippen LogP contribution in [0.4, 0.5) is 0 Å². The van der Waals surface area contributed by atoms with Crippen LogP contribution in [0.15, 0.2) is 11.8 Å². The number of ether oxygens (including phenoxy) is 2. The molecule has 6 nitrogen and oxygen atoms in total. The van der Waals surface area contributed by atoms with E-state index >= 15 is 0 Å². The Hall–Kier alpha value is -0.660. The summed E-state index contributed by atoms with van der Waals surface area (Å²) in [4.78, 5) is 0. The van der Waals surface area contributed by atoms with Crippen LogP contribution in [0.5, 0.6) is 0 Å². The van der Waals surface area contributed by atoms with Crippen molar-refractivity contribution < 1.29 is 31.3 Å². The van der Waals surface area contributed by atoms with E-state index in [2.05, 4.69) is 6.92 Å². The van der Waals surface area contributed by atoms with Crippen molar-refractivity contribution in [1.82, 2.24) is 0 Å². The van der Waals surface area contributed by atoms with Crippen LogP contribution in [0.2, 0.25) is 0 Å². The molecule has 166 valence electrons. The summed E-state index contributed by atoms with van der Waals surface area (Å²) in [6, 6.07) is -0.0143. The minimum atomic E-state index is -1.52. The van der Waals surface area contributed by atoms with Gasteiger partial charge in [0.15, 0.2) is 6.29 Å². The molecule has 0 amide bonds. The van der Waals surface area contributed by atoms with E-state index in [-0.39, 0.29) is 6.05 Å². The Bertz CT molecular complexity index is 457. The summed E-state index contributed by atoms with van der Waals surface area (Å²) in [7, 11) is 1.30. The molecular weight excluding hydrogens is 360 g/mol. The minimum absolute atomic E-state index is 0.0143. The molecule has 1 aliphatic rings. The van der Waals surface area contributed by atoms with E-state index in [4.69, 9.17) is 10.8 Å². The summed E-state index contributed by atoms with van der Waals surface area (Å²) in [5.74, 6) is -0.409. The van der Waals surface area contributed by atoms with Gasteiger partial charge in [-0.05, 0) is 18.9 Å². The first-order valence-electron chi connectivity index (χ1n) is 11.5. The van der Waals surface area contributed by atoms with Crippen LogP contribution in [0.3, 0.4) is 0 Å². The second-order valence-electron chi connectivity index (χ2n) is 7.83. The molecule has 1 fully saturated rings. The van der Waals surface area contributed by atoms with Crippen molar-refractivity contribution in [2.45, 2.75) is 121 Å². The number of rotatable bonds is 15. The van der Waals surface area contributed by atoms with Crippen LogP contribution in [-0.4, -0.2) is 58.2 Å². The van der Waals surface area contributed by atoms with Crippen molar-refractivity contribution in [2.24, 2.45) is 0 Å². The van der Waals surface area contributed by atoms with E-state index in [1.807, 2.05) is 0 Å². The van der Waals surface area contributed by atoms with E-state index in [1.165, 1.54) is 64.9 Å². The van der Waals surface area contributed by atoms with Gasteiger partial charge in [0.25, 0.3) is 0 Å². The van der Waals surface area contributed by atoms with Gasteiger partial charge in [0.1, 0.15) is 30.2 Å². The molecule has 6 heteroatoms. The Morgan fingerprint density at radius 1 is 0.857 bits per heavy atom. The molecule has 1 aliphatic heterocycles. The van der Waals surface area contributed by atoms with Crippen molar-refractivity contribution in [3.8, 4) is 0 Å². The third-order valence-corrected chi connectivity index (χ3v) is 5.41. The number of aliphatic hydroxyl groups excluding tert-OH is 4. The molecule has 0 aromatic heterocycles. The van der Waals surface area contributed by atoms with E-state index in [0.717, 1.165) is 19.3 Å². The molecule has 0 spiro atoms. The Balaban J connectivity index is 2.21. The zero-order valence-corrected chi connectivity index (χ0v) is 17.7. The molecule has 1 unspecified atom stereocenters. The van der Waals surface area contributed by atoms with Gasteiger partial charge in [0.2, 0.25) is 0 Å². The Morgan fingerprint density at radius 3 is 1.86 bits per heavy atom. The van der Waals surface area contributed by atoms with Gasteiger partial charge in [-0.1, -0.05) is 77.6 Å². The Labute approximate surface area is 172 Å². The van der Waals surface area contributed by atoms with Crippen LogP contribution in [0.1, 0.15) is 91.8 Å². The number of hydrogen-bond acceptors (Lipinski definition) is 6. The molecule has 0 aromatic carbocycles. The lowest BCUT2D eigenvalue weighted by Crippen LogP contribution is -2.58. The van der Waals surface area contributed by atoms with Gasteiger partial charge in [-0.3, -0.25) is 0 Å². The maximum Gasteiger partial charge on any atom is 0.186 e. The van der Waals surface area contributed by atoms with Gasteiger partial charge < -0.3 is 29.9 Å². The topological polar surface area (TPSA) is 99.4 Å². The molecular formula is C22H42O6. The molecule has 1 saturated heterocycles. The minimum Gasteiger partial charge on any atom is -0.510 e. The highest BCUT2D eigenvalue weighted by Crippen LogP contribution is 2.25. The predicted molar refractivity (Wildman–Crippen MR) is 110 cm³/mol. The van der Waals surface area contributed by atoms with E-state index in [1.54, 1.807) is 0 Å². The Morgan fingerprint density at radius 2 is 1.36 bits per heavy atom. The second-order valence-corrected chi connectivity index (χ2v) is 7.83. The molecule has 0 saturated carbocycles. The van der Waals surface area contributed by atoms with Gasteiger partial charge in [0.05, 0.1) is 1.37 Å². The summed E-state index contributed by atoms with van der Waals surface area (Å²) in [6.07, 6.45) is 8.15. The van der Waals surface area contributed by atoms with Crippen LogP contribution < -0.4 is 0 Å². The summed E-state index contributed by atoms with van der Waals surface area (Å²) in [5, 5.41) is 40.0. The lowest BCUT2D eigenvalue weighted by Gasteiger charge is -2.39. The summed E-state index contributed by atoms with van der Waals surface area (Å²) in [6.45, 7) is 2.24. The van der Waals surface area contributed by atoms with E-state index < -0.39 is 36.5 Å². The quantitative estimate of drug-likeness (QED) is 0.244. The molecule has 0 aromatic rings. The average Bonchev–Trinajstić information content (AvgIpc) is 2.72. The molecule has 0 radical (unpaired) electrons. The van der Waals surface area contributed by atoms with Crippen LogP contribution in [-0.2, 0) is 9.47 Å². The molecule has 1 rings (SSSR count). The van der Waals surface area contributed by atoms with E-state index in [0.29, 0.717) is 6.42 Å². The largest absolute Gasteiger partial charge is 0.510 e. The first-order chi connectivity index (χ1) is 13.9. The zero-order valence-electron chi connectivity index (χ0n) is 18.7. The highest BCUT2D eigenvalue weighted by Gasteiger charge is 2.45. The molecule has 1 heterocycles. The monoisotopic (exact) mass is 403 g/mol. The maximum atomic E-state index is 10.3. The fourth-order valence-corrected chi connectivity index (χ4v) is 3.55. The number of unbranched alkanes of at least 4 members (excludes halogenated alkanes) is 11. The van der Waals surface area contributed by atoms with Crippen molar-refractivity contribution in [3.05, 3.63) is 11.8 Å². The normalized spacial score (nSPS) is 29.5. The van der Waals surface area contributed by atoms with Crippen molar-refractivity contribution in [2.75, 3.05) is 7.11 Å². The fraction of sp³-hybridized carbons (Fsp3) is 0.909. The lowest BCUT2D eigenvalue weighted by molar-refractivity contribution is -0.286. The van der Waals surface area contributed by atoms with Gasteiger partial charge in [0, 0.05) is 7.11 Å². The first kappa shape index (κ1) is 23.6. The van der Waals surface area contributed by atoms with Crippen LogP contribution >= 0.6 is 0 Å². The molecule has 4 N–H and O–H groups in total. The summed E-state index contributed by atoms with van der Waals surface area (Å²) in [5.41, 5.74) is 0. The van der Waals surface area contributed by atoms with Crippen molar-refractivity contribution in [3.63, 3.8) is 0 Å².